The van der Waals surface area contributed by atoms with E-state index in [9.17, 15) is 9.59 Å². The Balaban J connectivity index is 2.36. The van der Waals surface area contributed by atoms with Gasteiger partial charge in [0.05, 0.1) is 0 Å². The first-order valence-corrected chi connectivity index (χ1v) is 5.32. The van der Waals surface area contributed by atoms with Crippen LogP contribution in [-0.4, -0.2) is 11.9 Å². The summed E-state index contributed by atoms with van der Waals surface area (Å²) in [6, 6.07) is 5.00. The van der Waals surface area contributed by atoms with E-state index in [0.29, 0.717) is 0 Å². The van der Waals surface area contributed by atoms with Gasteiger partial charge in [0.1, 0.15) is 6.04 Å². The van der Waals surface area contributed by atoms with Crippen LogP contribution in [0.25, 0.3) is 0 Å². The van der Waals surface area contributed by atoms with Crippen molar-refractivity contribution in [1.82, 2.24) is 10.6 Å². The Kier molecular flexibility index (Phi) is 2.64. The molecule has 1 fully saturated rings. The zero-order valence-electron chi connectivity index (χ0n) is 9.33. The van der Waals surface area contributed by atoms with Crippen molar-refractivity contribution in [2.24, 2.45) is 0 Å². The van der Waals surface area contributed by atoms with E-state index >= 15 is 0 Å². The first-order chi connectivity index (χ1) is 7.60. The van der Waals surface area contributed by atoms with Crippen molar-refractivity contribution >= 4 is 11.9 Å². The van der Waals surface area contributed by atoms with Gasteiger partial charge in [-0.05, 0) is 24.5 Å². The maximum atomic E-state index is 11.5. The zero-order valence-corrected chi connectivity index (χ0v) is 9.33. The summed E-state index contributed by atoms with van der Waals surface area (Å²) < 4.78 is 0. The SMILES string of the molecule is CCc1cc(C)cc(C2NC(=O)NC2=O)c1. The molecule has 1 atom stereocenters. The number of carbonyl (C=O) groups is 2. The van der Waals surface area contributed by atoms with Gasteiger partial charge in [-0.25, -0.2) is 4.79 Å². The molecule has 16 heavy (non-hydrogen) atoms. The van der Waals surface area contributed by atoms with Crippen molar-refractivity contribution in [1.29, 1.82) is 0 Å². The number of benzene rings is 1. The summed E-state index contributed by atoms with van der Waals surface area (Å²) in [5, 5.41) is 4.83. The number of urea groups is 1. The summed E-state index contributed by atoms with van der Waals surface area (Å²) in [4.78, 5) is 22.5. The second-order valence-corrected chi connectivity index (χ2v) is 4.00. The molecule has 4 heteroatoms. The van der Waals surface area contributed by atoms with E-state index in [1.54, 1.807) is 0 Å². The highest BCUT2D eigenvalue weighted by Crippen LogP contribution is 2.20. The summed E-state index contributed by atoms with van der Waals surface area (Å²) in [6.07, 6.45) is 0.914. The second kappa shape index (κ2) is 3.96. The van der Waals surface area contributed by atoms with Crippen LogP contribution in [0.3, 0.4) is 0 Å². The Morgan fingerprint density at radius 3 is 2.56 bits per heavy atom. The third-order valence-electron chi connectivity index (χ3n) is 2.68. The Hall–Kier alpha value is -1.84. The Labute approximate surface area is 94.0 Å². The molecule has 0 aromatic heterocycles. The molecular formula is C12H14N2O2. The molecule has 3 amide bonds. The topological polar surface area (TPSA) is 58.2 Å². The molecule has 1 aliphatic rings. The molecule has 1 aromatic rings. The van der Waals surface area contributed by atoms with Gasteiger partial charge in [0.15, 0.2) is 0 Å². The average Bonchev–Trinajstić information content (AvgIpc) is 2.57. The lowest BCUT2D eigenvalue weighted by Gasteiger charge is -2.10. The van der Waals surface area contributed by atoms with E-state index in [-0.39, 0.29) is 5.91 Å². The van der Waals surface area contributed by atoms with Crippen LogP contribution in [0, 0.1) is 6.92 Å². The third kappa shape index (κ3) is 1.91. The Morgan fingerprint density at radius 1 is 1.25 bits per heavy atom. The number of nitrogens with one attached hydrogen (secondary N) is 2. The maximum Gasteiger partial charge on any atom is 0.322 e. The van der Waals surface area contributed by atoms with Crippen LogP contribution >= 0.6 is 0 Å². The highest BCUT2D eigenvalue weighted by Gasteiger charge is 2.30. The van der Waals surface area contributed by atoms with Gasteiger partial charge in [0.2, 0.25) is 0 Å². The predicted molar refractivity (Wildman–Crippen MR) is 60.0 cm³/mol. The van der Waals surface area contributed by atoms with Gasteiger partial charge >= 0.3 is 6.03 Å². The zero-order chi connectivity index (χ0) is 11.7. The van der Waals surface area contributed by atoms with E-state index in [0.717, 1.165) is 17.5 Å². The molecule has 1 saturated heterocycles. The van der Waals surface area contributed by atoms with Crippen molar-refractivity contribution in [3.63, 3.8) is 0 Å². The van der Waals surface area contributed by atoms with Crippen LogP contribution in [-0.2, 0) is 11.2 Å². The fraction of sp³-hybridized carbons (Fsp3) is 0.333. The highest BCUT2D eigenvalue weighted by molar-refractivity contribution is 6.04. The summed E-state index contributed by atoms with van der Waals surface area (Å²) in [7, 11) is 0. The third-order valence-corrected chi connectivity index (χ3v) is 2.68. The highest BCUT2D eigenvalue weighted by atomic mass is 16.2. The molecule has 2 N–H and O–H groups in total. The van der Waals surface area contributed by atoms with Crippen LogP contribution in [0.2, 0.25) is 0 Å². The lowest BCUT2D eigenvalue weighted by molar-refractivity contribution is -0.120. The predicted octanol–water partition coefficient (Wildman–Crippen LogP) is 1.44. The van der Waals surface area contributed by atoms with Crippen LogP contribution in [0.4, 0.5) is 4.79 Å². The Bertz CT molecular complexity index is 454. The van der Waals surface area contributed by atoms with Gasteiger partial charge in [-0.1, -0.05) is 30.7 Å². The van der Waals surface area contributed by atoms with Crippen LogP contribution in [0.15, 0.2) is 18.2 Å². The van der Waals surface area contributed by atoms with Crippen LogP contribution < -0.4 is 10.6 Å². The Morgan fingerprint density at radius 2 is 2.00 bits per heavy atom. The van der Waals surface area contributed by atoms with Crippen molar-refractivity contribution in [2.45, 2.75) is 26.3 Å². The van der Waals surface area contributed by atoms with Gasteiger partial charge < -0.3 is 5.32 Å². The molecule has 1 heterocycles. The molecule has 0 saturated carbocycles. The minimum Gasteiger partial charge on any atom is -0.322 e. The molecule has 84 valence electrons. The van der Waals surface area contributed by atoms with Gasteiger partial charge in [-0.15, -0.1) is 0 Å². The molecule has 0 bridgehead atoms. The molecule has 0 radical (unpaired) electrons. The minimum absolute atomic E-state index is 0.280. The molecule has 0 spiro atoms. The van der Waals surface area contributed by atoms with Gasteiger partial charge in [-0.2, -0.15) is 0 Å². The first kappa shape index (κ1) is 10.7. The van der Waals surface area contributed by atoms with E-state index in [4.69, 9.17) is 0 Å². The minimum atomic E-state index is -0.544. The van der Waals surface area contributed by atoms with Crippen molar-refractivity contribution in [3.8, 4) is 0 Å². The van der Waals surface area contributed by atoms with E-state index in [2.05, 4.69) is 23.6 Å². The van der Waals surface area contributed by atoms with E-state index < -0.39 is 12.1 Å². The fourth-order valence-electron chi connectivity index (χ4n) is 1.92. The number of aryl methyl sites for hydroxylation is 2. The quantitative estimate of drug-likeness (QED) is 0.738. The number of amides is 3. The summed E-state index contributed by atoms with van der Waals surface area (Å²) in [5.74, 6) is -0.280. The van der Waals surface area contributed by atoms with E-state index in [1.807, 2.05) is 19.1 Å². The van der Waals surface area contributed by atoms with Crippen molar-refractivity contribution < 1.29 is 9.59 Å². The number of carbonyl (C=O) groups excluding carboxylic acids is 2. The van der Waals surface area contributed by atoms with E-state index in [1.165, 1.54) is 5.56 Å². The fourth-order valence-corrected chi connectivity index (χ4v) is 1.92. The molecule has 2 rings (SSSR count). The summed E-state index contributed by atoms with van der Waals surface area (Å²) >= 11 is 0. The monoisotopic (exact) mass is 218 g/mol. The van der Waals surface area contributed by atoms with Crippen LogP contribution in [0.5, 0.6) is 0 Å². The van der Waals surface area contributed by atoms with Crippen molar-refractivity contribution in [3.05, 3.63) is 34.9 Å². The first-order valence-electron chi connectivity index (χ1n) is 5.32. The number of rotatable bonds is 2. The number of hydrogen-bond donors (Lipinski definition) is 2. The van der Waals surface area contributed by atoms with Gasteiger partial charge in [0.25, 0.3) is 5.91 Å². The smallest absolute Gasteiger partial charge is 0.322 e. The molecule has 4 nitrogen and oxygen atoms in total. The van der Waals surface area contributed by atoms with Gasteiger partial charge in [0, 0.05) is 0 Å². The maximum absolute atomic E-state index is 11.5. The lowest BCUT2D eigenvalue weighted by Crippen LogP contribution is -2.22. The number of hydrogen-bond acceptors (Lipinski definition) is 2. The average molecular weight is 218 g/mol. The number of imide groups is 1. The lowest BCUT2D eigenvalue weighted by atomic mass is 10.00. The van der Waals surface area contributed by atoms with Gasteiger partial charge in [-0.3, -0.25) is 10.1 Å². The van der Waals surface area contributed by atoms with Crippen molar-refractivity contribution in [2.75, 3.05) is 0 Å². The molecular weight excluding hydrogens is 204 g/mol. The molecule has 1 aromatic carbocycles. The standard InChI is InChI=1S/C12H14N2O2/c1-3-8-4-7(2)5-9(6-8)10-11(15)14-12(16)13-10/h4-6,10H,3H2,1-2H3,(H2,13,14,15,16). The molecule has 1 unspecified atom stereocenters. The second-order valence-electron chi connectivity index (χ2n) is 4.00. The molecule has 0 aliphatic carbocycles. The van der Waals surface area contributed by atoms with Crippen LogP contribution in [0.1, 0.15) is 29.7 Å². The summed E-state index contributed by atoms with van der Waals surface area (Å²) in [5.41, 5.74) is 3.12. The molecule has 1 aliphatic heterocycles. The summed E-state index contributed by atoms with van der Waals surface area (Å²) in [6.45, 7) is 4.04. The normalized spacial score (nSPS) is 19.5. The largest absolute Gasteiger partial charge is 0.322 e.